The lowest BCUT2D eigenvalue weighted by molar-refractivity contribution is 1.17. The van der Waals surface area contributed by atoms with Crippen LogP contribution in [0.2, 0.25) is 0 Å². The normalized spacial score (nSPS) is 11.8. The molecule has 0 atom stereocenters. The minimum atomic E-state index is -2.76. The number of nitrogens with zero attached hydrogens (tertiary/aromatic N) is 2. The third-order valence-electron chi connectivity index (χ3n) is 13.1. The van der Waals surface area contributed by atoms with Crippen molar-refractivity contribution in [3.63, 3.8) is 0 Å². The lowest BCUT2D eigenvalue weighted by Gasteiger charge is -2.34. The summed E-state index contributed by atoms with van der Waals surface area (Å²) in [6.45, 7) is 0. The van der Waals surface area contributed by atoms with Crippen molar-refractivity contribution < 1.29 is 0 Å². The van der Waals surface area contributed by atoms with Gasteiger partial charge in [-0.1, -0.05) is 212 Å². The smallest absolute Gasteiger partial charge is 0.179 e. The zero-order chi connectivity index (χ0) is 41.7. The van der Waals surface area contributed by atoms with Crippen LogP contribution < -0.4 is 20.7 Å². The van der Waals surface area contributed by atoms with Crippen molar-refractivity contribution in [1.29, 1.82) is 0 Å². The second-order valence-corrected chi connectivity index (χ2v) is 20.2. The third kappa shape index (κ3) is 5.85. The van der Waals surface area contributed by atoms with E-state index >= 15 is 0 Å². The molecular weight excluding hydrogens is 777 g/mol. The number of benzene rings is 10. The molecule has 10 aromatic carbocycles. The quantitative estimate of drug-likeness (QED) is 0.107. The first-order chi connectivity index (χ1) is 31.3. The Morgan fingerprint density at radius 3 is 1.40 bits per heavy atom. The van der Waals surface area contributed by atoms with Crippen molar-refractivity contribution in [3.05, 3.63) is 255 Å². The molecule has 12 rings (SSSR count). The van der Waals surface area contributed by atoms with Gasteiger partial charge < -0.3 is 9.13 Å². The molecule has 0 saturated carbocycles. The number of hydrogen-bond donors (Lipinski definition) is 0. The van der Waals surface area contributed by atoms with Crippen LogP contribution in [0.25, 0.3) is 77.2 Å². The third-order valence-corrected chi connectivity index (χ3v) is 17.8. The second kappa shape index (κ2) is 15.2. The molecule has 0 N–H and O–H groups in total. The van der Waals surface area contributed by atoms with Gasteiger partial charge in [-0.05, 0) is 79.9 Å². The van der Waals surface area contributed by atoms with Crippen LogP contribution in [0.3, 0.4) is 0 Å². The molecule has 0 aliphatic heterocycles. The Balaban J connectivity index is 1.11. The molecule has 0 bridgehead atoms. The summed E-state index contributed by atoms with van der Waals surface area (Å²) in [6, 6.07) is 94.2. The molecule has 12 aromatic rings. The molecule has 0 aliphatic rings. The first-order valence-electron chi connectivity index (χ1n) is 21.8. The molecule has 2 aromatic heterocycles. The lowest BCUT2D eigenvalue weighted by atomic mass is 9.98. The number of para-hydroxylation sites is 3. The Labute approximate surface area is 368 Å². The lowest BCUT2D eigenvalue weighted by Crippen LogP contribution is -2.74. The van der Waals surface area contributed by atoms with Crippen LogP contribution in [-0.2, 0) is 0 Å². The van der Waals surface area contributed by atoms with Crippen LogP contribution in [0, 0.1) is 0 Å². The zero-order valence-corrected chi connectivity index (χ0v) is 35.6. The van der Waals surface area contributed by atoms with E-state index in [0.29, 0.717) is 0 Å². The van der Waals surface area contributed by atoms with Gasteiger partial charge >= 0.3 is 0 Å². The van der Waals surface area contributed by atoms with Crippen molar-refractivity contribution in [2.75, 3.05) is 0 Å². The van der Waals surface area contributed by atoms with E-state index in [1.54, 1.807) is 0 Å². The van der Waals surface area contributed by atoms with Crippen LogP contribution in [0.4, 0.5) is 0 Å². The topological polar surface area (TPSA) is 9.86 Å². The highest BCUT2D eigenvalue weighted by Gasteiger charge is 2.41. The highest BCUT2D eigenvalue weighted by Crippen LogP contribution is 2.41. The number of rotatable bonds is 8. The maximum absolute atomic E-state index is 2.76. The highest BCUT2D eigenvalue weighted by molar-refractivity contribution is 7.20. The fourth-order valence-corrected chi connectivity index (χ4v) is 15.2. The first-order valence-corrected chi connectivity index (χ1v) is 23.8. The van der Waals surface area contributed by atoms with Crippen LogP contribution in [0.5, 0.6) is 0 Å². The second-order valence-electron chi connectivity index (χ2n) is 16.4. The Morgan fingerprint density at radius 1 is 0.254 bits per heavy atom. The van der Waals surface area contributed by atoms with Crippen molar-refractivity contribution in [3.8, 4) is 33.6 Å². The van der Waals surface area contributed by atoms with Crippen molar-refractivity contribution in [2.24, 2.45) is 0 Å². The molecule has 296 valence electrons. The fraction of sp³-hybridized carbons (Fsp3) is 0. The van der Waals surface area contributed by atoms with Gasteiger partial charge in [0.25, 0.3) is 0 Å². The Kier molecular flexibility index (Phi) is 8.87. The van der Waals surface area contributed by atoms with Crippen LogP contribution in [0.15, 0.2) is 255 Å². The molecule has 0 amide bonds. The number of aromatic nitrogens is 2. The van der Waals surface area contributed by atoms with E-state index in [2.05, 4.69) is 264 Å². The maximum Gasteiger partial charge on any atom is 0.179 e. The van der Waals surface area contributed by atoms with Crippen molar-refractivity contribution in [2.45, 2.75) is 0 Å². The molecule has 0 saturated heterocycles. The minimum absolute atomic E-state index is 1.15. The monoisotopic (exact) mass is 818 g/mol. The van der Waals surface area contributed by atoms with E-state index in [1.165, 1.54) is 92.3 Å². The predicted molar refractivity (Wildman–Crippen MR) is 270 cm³/mol. The average molecular weight is 819 g/mol. The fourth-order valence-electron chi connectivity index (χ4n) is 10.4. The molecular formula is C60H42N2Si. The summed E-state index contributed by atoms with van der Waals surface area (Å²) >= 11 is 0. The van der Waals surface area contributed by atoms with Crippen LogP contribution in [0.1, 0.15) is 0 Å². The molecule has 0 fully saturated rings. The largest absolute Gasteiger partial charge is 0.309 e. The zero-order valence-electron chi connectivity index (χ0n) is 34.6. The molecule has 0 aliphatic carbocycles. The van der Waals surface area contributed by atoms with Gasteiger partial charge in [0.15, 0.2) is 8.07 Å². The summed E-state index contributed by atoms with van der Waals surface area (Å²) in [6.07, 6.45) is 0. The molecule has 0 spiro atoms. The van der Waals surface area contributed by atoms with E-state index < -0.39 is 8.07 Å². The first kappa shape index (κ1) is 36.8. The van der Waals surface area contributed by atoms with Gasteiger partial charge in [0.05, 0.1) is 33.4 Å². The Bertz CT molecular complexity index is 3510. The molecule has 0 unspecified atom stereocenters. The van der Waals surface area contributed by atoms with E-state index in [1.807, 2.05) is 0 Å². The maximum atomic E-state index is 2.52. The minimum Gasteiger partial charge on any atom is -0.309 e. The van der Waals surface area contributed by atoms with E-state index in [-0.39, 0.29) is 0 Å². The van der Waals surface area contributed by atoms with Gasteiger partial charge in [-0.2, -0.15) is 0 Å². The van der Waals surface area contributed by atoms with Gasteiger partial charge in [0.1, 0.15) is 0 Å². The molecule has 3 heteroatoms. The highest BCUT2D eigenvalue weighted by atomic mass is 28.3. The number of hydrogen-bond acceptors (Lipinski definition) is 0. The van der Waals surface area contributed by atoms with E-state index in [4.69, 9.17) is 0 Å². The molecule has 2 heterocycles. The van der Waals surface area contributed by atoms with E-state index in [9.17, 15) is 0 Å². The van der Waals surface area contributed by atoms with E-state index in [0.717, 1.165) is 5.69 Å². The summed E-state index contributed by atoms with van der Waals surface area (Å²) in [7, 11) is -2.76. The van der Waals surface area contributed by atoms with Gasteiger partial charge in [0.2, 0.25) is 0 Å². The SMILES string of the molecule is c1ccc(-c2cccc(-c3ccccc3-n3c4ccccc4c4c(-n5c6ccccc6c6cc([Si](c7ccccc7)(c7ccccc7)c7ccccc7)ccc65)cccc43)c2)cc1. The van der Waals surface area contributed by atoms with Gasteiger partial charge in [-0.25, -0.2) is 0 Å². The van der Waals surface area contributed by atoms with Crippen molar-refractivity contribution >= 4 is 72.4 Å². The summed E-state index contributed by atoms with van der Waals surface area (Å²) < 4.78 is 4.99. The summed E-state index contributed by atoms with van der Waals surface area (Å²) in [5.74, 6) is 0. The molecule has 0 radical (unpaired) electrons. The van der Waals surface area contributed by atoms with Gasteiger partial charge in [0, 0.05) is 27.1 Å². The van der Waals surface area contributed by atoms with Crippen LogP contribution >= 0.6 is 0 Å². The van der Waals surface area contributed by atoms with Crippen molar-refractivity contribution in [1.82, 2.24) is 9.13 Å². The predicted octanol–water partition coefficient (Wildman–Crippen LogP) is 12.6. The summed E-state index contributed by atoms with van der Waals surface area (Å²) in [5.41, 5.74) is 11.9. The Hall–Kier alpha value is -7.98. The number of fused-ring (bicyclic) bond motifs is 6. The Morgan fingerprint density at radius 2 is 0.714 bits per heavy atom. The average Bonchev–Trinajstić information content (AvgIpc) is 3.88. The van der Waals surface area contributed by atoms with Gasteiger partial charge in [-0.15, -0.1) is 0 Å². The van der Waals surface area contributed by atoms with Crippen LogP contribution in [-0.4, -0.2) is 17.2 Å². The molecule has 63 heavy (non-hydrogen) atoms. The summed E-state index contributed by atoms with van der Waals surface area (Å²) in [5, 5.41) is 10.4. The van der Waals surface area contributed by atoms with Gasteiger partial charge in [-0.3, -0.25) is 0 Å². The summed E-state index contributed by atoms with van der Waals surface area (Å²) in [4.78, 5) is 0. The standard InChI is InChI=1S/C60H42N2Si/c1-5-21-43(22-6-1)44-23-19-24-45(41-44)50-31-13-16-34-54(50)61-56-36-18-15-33-52(56)60-58(61)37-20-38-59(60)62-55-35-17-14-32-51(55)53-42-49(39-40-57(53)62)63(46-25-7-2-8-26-46,47-27-9-3-10-28-47)48-29-11-4-12-30-48/h1-42H. The molecule has 2 nitrogen and oxygen atoms in total.